The number of hydrogen-bond donors (Lipinski definition) is 1. The van der Waals surface area contributed by atoms with Crippen LogP contribution in [0.5, 0.6) is 11.5 Å². The Balaban J connectivity index is 2.01. The molecule has 0 saturated heterocycles. The number of ether oxygens (including phenoxy) is 2. The molecule has 2 aromatic rings. The lowest BCUT2D eigenvalue weighted by atomic mass is 10.2. The predicted octanol–water partition coefficient (Wildman–Crippen LogP) is 4.52. The van der Waals surface area contributed by atoms with Gasteiger partial charge in [-0.25, -0.2) is 0 Å². The molecule has 0 atom stereocenters. The maximum Gasteiger partial charge on any atom is 0.134 e. The van der Waals surface area contributed by atoms with Crippen LogP contribution in [0.3, 0.4) is 0 Å². The normalized spacial score (nSPS) is 10.7. The van der Waals surface area contributed by atoms with Gasteiger partial charge in [0.05, 0.1) is 11.6 Å². The van der Waals surface area contributed by atoms with Gasteiger partial charge in [0.25, 0.3) is 0 Å². The summed E-state index contributed by atoms with van der Waals surface area (Å²) in [5.74, 6) is 1.64. The summed E-state index contributed by atoms with van der Waals surface area (Å²) in [7, 11) is 1.66. The molecule has 1 N–H and O–H groups in total. The molecule has 0 amide bonds. The van der Waals surface area contributed by atoms with Crippen LogP contribution in [0.1, 0.15) is 22.2 Å². The maximum absolute atomic E-state index is 5.90. The molecular weight excluding hydrogens is 350 g/mol. The van der Waals surface area contributed by atoms with Gasteiger partial charge in [-0.2, -0.15) is 0 Å². The van der Waals surface area contributed by atoms with Gasteiger partial charge >= 0.3 is 0 Å². The Bertz CT molecular complexity index is 598. The van der Waals surface area contributed by atoms with E-state index in [-0.39, 0.29) is 0 Å². The first-order valence-electron chi connectivity index (χ1n) is 6.89. The van der Waals surface area contributed by atoms with Crippen molar-refractivity contribution in [2.24, 2.45) is 0 Å². The molecule has 0 spiro atoms. The van der Waals surface area contributed by atoms with Crippen LogP contribution in [0.4, 0.5) is 0 Å². The third-order valence-electron chi connectivity index (χ3n) is 3.14. The highest BCUT2D eigenvalue weighted by Crippen LogP contribution is 2.30. The second-order valence-corrected chi connectivity index (χ2v) is 6.85. The number of benzene rings is 1. The van der Waals surface area contributed by atoms with Crippen molar-refractivity contribution < 1.29 is 9.47 Å². The van der Waals surface area contributed by atoms with Gasteiger partial charge in [0, 0.05) is 21.9 Å². The molecule has 21 heavy (non-hydrogen) atoms. The number of aryl methyl sites for hydroxylation is 1. The fourth-order valence-electron chi connectivity index (χ4n) is 1.95. The van der Waals surface area contributed by atoms with E-state index in [1.54, 1.807) is 7.11 Å². The van der Waals surface area contributed by atoms with E-state index in [2.05, 4.69) is 41.2 Å². The average Bonchev–Trinajstić information content (AvgIpc) is 2.84. The molecule has 0 aliphatic heterocycles. The van der Waals surface area contributed by atoms with E-state index in [1.165, 1.54) is 15.3 Å². The Labute approximate surface area is 138 Å². The second kappa shape index (κ2) is 7.82. The Kier molecular flexibility index (Phi) is 6.08. The second-order valence-electron chi connectivity index (χ2n) is 4.66. The van der Waals surface area contributed by atoms with Crippen LogP contribution in [0.15, 0.2) is 28.7 Å². The predicted molar refractivity (Wildman–Crippen MR) is 91.5 cm³/mol. The summed E-state index contributed by atoms with van der Waals surface area (Å²) in [5.41, 5.74) is 1.25. The van der Waals surface area contributed by atoms with E-state index in [1.807, 2.05) is 29.5 Å². The number of hydrogen-bond acceptors (Lipinski definition) is 4. The van der Waals surface area contributed by atoms with E-state index in [0.717, 1.165) is 29.1 Å². The van der Waals surface area contributed by atoms with Gasteiger partial charge in [-0.1, -0.05) is 6.92 Å². The molecule has 0 aliphatic carbocycles. The fraction of sp³-hybridized carbons (Fsp3) is 0.375. The van der Waals surface area contributed by atoms with Gasteiger partial charge < -0.3 is 14.8 Å². The molecule has 3 nitrogen and oxygen atoms in total. The van der Waals surface area contributed by atoms with Crippen molar-refractivity contribution in [2.75, 3.05) is 13.7 Å². The van der Waals surface area contributed by atoms with Gasteiger partial charge in [-0.15, -0.1) is 11.3 Å². The van der Waals surface area contributed by atoms with Gasteiger partial charge in [0.2, 0.25) is 0 Å². The van der Waals surface area contributed by atoms with Crippen LogP contribution >= 0.6 is 27.3 Å². The molecule has 1 aromatic carbocycles. The van der Waals surface area contributed by atoms with Gasteiger partial charge in [0.15, 0.2) is 0 Å². The minimum absolute atomic E-state index is 0.583. The number of halogens is 1. The van der Waals surface area contributed by atoms with Gasteiger partial charge in [0.1, 0.15) is 18.1 Å². The van der Waals surface area contributed by atoms with Crippen LogP contribution in [-0.2, 0) is 13.2 Å². The molecule has 114 valence electrons. The van der Waals surface area contributed by atoms with Crippen molar-refractivity contribution in [1.82, 2.24) is 5.32 Å². The Morgan fingerprint density at radius 3 is 2.76 bits per heavy atom. The largest absolute Gasteiger partial charge is 0.497 e. The lowest BCUT2D eigenvalue weighted by Gasteiger charge is -2.09. The number of methoxy groups -OCH3 is 1. The molecule has 1 aromatic heterocycles. The Morgan fingerprint density at radius 1 is 1.29 bits per heavy atom. The van der Waals surface area contributed by atoms with E-state index in [9.17, 15) is 0 Å². The third kappa shape index (κ3) is 4.46. The van der Waals surface area contributed by atoms with Gasteiger partial charge in [-0.05, 0) is 53.7 Å². The number of rotatable bonds is 7. The molecule has 0 fully saturated rings. The number of nitrogens with one attached hydrogen (secondary N) is 1. The van der Waals surface area contributed by atoms with Crippen molar-refractivity contribution >= 4 is 27.3 Å². The van der Waals surface area contributed by atoms with Gasteiger partial charge in [-0.3, -0.25) is 0 Å². The molecule has 2 rings (SSSR count). The summed E-state index contributed by atoms with van der Waals surface area (Å²) in [4.78, 5) is 2.66. The summed E-state index contributed by atoms with van der Waals surface area (Å²) >= 11 is 5.33. The summed E-state index contributed by atoms with van der Waals surface area (Å²) in [5, 5.41) is 3.35. The van der Waals surface area contributed by atoms with Crippen molar-refractivity contribution in [1.29, 1.82) is 0 Å². The van der Waals surface area contributed by atoms with Crippen molar-refractivity contribution in [3.8, 4) is 11.5 Å². The first-order valence-corrected chi connectivity index (χ1v) is 8.50. The quantitative estimate of drug-likeness (QED) is 0.778. The summed E-state index contributed by atoms with van der Waals surface area (Å²) in [6.07, 6.45) is 0. The monoisotopic (exact) mass is 369 g/mol. The summed E-state index contributed by atoms with van der Waals surface area (Å²) in [6.45, 7) is 6.75. The highest BCUT2D eigenvalue weighted by atomic mass is 79.9. The standard InChI is InChI=1S/C16H20BrNO2S/c1-4-18-9-14-7-12(11(2)21-14)10-20-16-6-5-13(19-3)8-15(16)17/h5-8,18H,4,9-10H2,1-3H3. The minimum Gasteiger partial charge on any atom is -0.497 e. The van der Waals surface area contributed by atoms with Crippen LogP contribution in [0.2, 0.25) is 0 Å². The van der Waals surface area contributed by atoms with Crippen molar-refractivity contribution in [3.63, 3.8) is 0 Å². The number of thiophene rings is 1. The molecule has 0 aliphatic rings. The molecule has 1 heterocycles. The molecule has 0 radical (unpaired) electrons. The first-order chi connectivity index (χ1) is 10.1. The van der Waals surface area contributed by atoms with Crippen LogP contribution in [0.25, 0.3) is 0 Å². The summed E-state index contributed by atoms with van der Waals surface area (Å²) < 4.78 is 12.0. The van der Waals surface area contributed by atoms with Crippen LogP contribution in [-0.4, -0.2) is 13.7 Å². The van der Waals surface area contributed by atoms with E-state index < -0.39 is 0 Å². The lowest BCUT2D eigenvalue weighted by Crippen LogP contribution is -2.10. The zero-order chi connectivity index (χ0) is 15.2. The highest BCUT2D eigenvalue weighted by Gasteiger charge is 2.08. The highest BCUT2D eigenvalue weighted by molar-refractivity contribution is 9.10. The smallest absolute Gasteiger partial charge is 0.134 e. The van der Waals surface area contributed by atoms with Crippen molar-refractivity contribution in [2.45, 2.75) is 27.0 Å². The molecule has 5 heteroatoms. The fourth-order valence-corrected chi connectivity index (χ4v) is 3.44. The molecule has 0 bridgehead atoms. The van der Waals surface area contributed by atoms with Crippen molar-refractivity contribution in [3.05, 3.63) is 44.1 Å². The average molecular weight is 370 g/mol. The Morgan fingerprint density at radius 2 is 2.10 bits per heavy atom. The van der Waals surface area contributed by atoms with Crippen LogP contribution in [0, 0.1) is 6.92 Å². The minimum atomic E-state index is 0.583. The molecule has 0 unspecified atom stereocenters. The molecule has 0 saturated carbocycles. The lowest BCUT2D eigenvalue weighted by molar-refractivity contribution is 0.303. The third-order valence-corrected chi connectivity index (χ3v) is 4.86. The molecular formula is C16H20BrNO2S. The summed E-state index contributed by atoms with van der Waals surface area (Å²) in [6, 6.07) is 7.95. The first kappa shape index (κ1) is 16.3. The topological polar surface area (TPSA) is 30.5 Å². The maximum atomic E-state index is 5.90. The van der Waals surface area contributed by atoms with E-state index >= 15 is 0 Å². The zero-order valence-corrected chi connectivity index (χ0v) is 14.9. The van der Waals surface area contributed by atoms with Crippen LogP contribution < -0.4 is 14.8 Å². The van der Waals surface area contributed by atoms with E-state index in [0.29, 0.717) is 6.61 Å². The SMILES string of the molecule is CCNCc1cc(COc2ccc(OC)cc2Br)c(C)s1. The zero-order valence-electron chi connectivity index (χ0n) is 12.5. The Hall–Kier alpha value is -1.04. The van der Waals surface area contributed by atoms with E-state index in [4.69, 9.17) is 9.47 Å².